The molecule has 1 saturated carbocycles. The van der Waals surface area contributed by atoms with Crippen molar-refractivity contribution in [2.45, 2.75) is 52.1 Å². The predicted molar refractivity (Wildman–Crippen MR) is 77.5 cm³/mol. The largest absolute Gasteiger partial charge is 0.490 e. The highest BCUT2D eigenvalue weighted by Crippen LogP contribution is 2.30. The molecule has 2 rings (SSSR count). The molecule has 0 aliphatic heterocycles. The summed E-state index contributed by atoms with van der Waals surface area (Å²) < 4.78 is 6.01. The second-order valence-electron chi connectivity index (χ2n) is 5.49. The van der Waals surface area contributed by atoms with Gasteiger partial charge in [0.05, 0.1) is 6.10 Å². The van der Waals surface area contributed by atoms with E-state index in [4.69, 9.17) is 10.5 Å². The first-order chi connectivity index (χ1) is 9.10. The first-order valence-corrected chi connectivity index (χ1v) is 7.17. The number of ether oxygens (including phenoxy) is 1. The van der Waals surface area contributed by atoms with Crippen molar-refractivity contribution in [1.82, 2.24) is 0 Å². The molecule has 2 unspecified atom stereocenters. The molecule has 2 atom stereocenters. The highest BCUT2D eigenvalue weighted by atomic mass is 16.5. The number of carbonyl (C=O) groups is 1. The second kappa shape index (κ2) is 6.09. The monoisotopic (exact) mass is 261 g/mol. The molecule has 0 heterocycles. The van der Waals surface area contributed by atoms with Crippen LogP contribution in [-0.4, -0.2) is 11.9 Å². The van der Waals surface area contributed by atoms with Gasteiger partial charge in [0, 0.05) is 17.3 Å². The third-order valence-electron chi connectivity index (χ3n) is 4.02. The van der Waals surface area contributed by atoms with Gasteiger partial charge in [-0.15, -0.1) is 0 Å². The first kappa shape index (κ1) is 13.9. The average molecular weight is 261 g/mol. The van der Waals surface area contributed by atoms with E-state index in [2.05, 4.69) is 6.92 Å². The van der Waals surface area contributed by atoms with E-state index in [1.807, 2.05) is 6.07 Å². The Morgan fingerprint density at radius 2 is 2.21 bits per heavy atom. The zero-order valence-electron chi connectivity index (χ0n) is 11.8. The molecule has 1 aromatic carbocycles. The van der Waals surface area contributed by atoms with Gasteiger partial charge in [-0.25, -0.2) is 0 Å². The summed E-state index contributed by atoms with van der Waals surface area (Å²) in [5.41, 5.74) is 6.96. The van der Waals surface area contributed by atoms with Crippen LogP contribution < -0.4 is 10.5 Å². The molecule has 1 aliphatic rings. The summed E-state index contributed by atoms with van der Waals surface area (Å²) in [6.45, 7) is 3.77. The Hall–Kier alpha value is -1.51. The lowest BCUT2D eigenvalue weighted by atomic mass is 9.85. The fraction of sp³-hybridized carbons (Fsp3) is 0.562. The van der Waals surface area contributed by atoms with Gasteiger partial charge in [0.25, 0.3) is 0 Å². The number of nitrogen functional groups attached to an aromatic ring is 1. The van der Waals surface area contributed by atoms with E-state index in [0.29, 0.717) is 17.4 Å². The molecular formula is C16H23NO2. The molecule has 104 valence electrons. The maximum Gasteiger partial charge on any atom is 0.161 e. The molecule has 1 fully saturated rings. The maximum atomic E-state index is 11.3. The average Bonchev–Trinajstić information content (AvgIpc) is 2.38. The highest BCUT2D eigenvalue weighted by Gasteiger charge is 2.22. The zero-order chi connectivity index (χ0) is 13.8. The molecule has 0 radical (unpaired) electrons. The second-order valence-corrected chi connectivity index (χ2v) is 5.49. The number of hydrogen-bond donors (Lipinski definition) is 1. The van der Waals surface area contributed by atoms with Crippen molar-refractivity contribution in [1.29, 1.82) is 0 Å². The Kier molecular flexibility index (Phi) is 4.46. The number of rotatable bonds is 4. The molecule has 0 saturated heterocycles. The van der Waals surface area contributed by atoms with Gasteiger partial charge >= 0.3 is 0 Å². The van der Waals surface area contributed by atoms with Crippen LogP contribution >= 0.6 is 0 Å². The Morgan fingerprint density at radius 3 is 2.84 bits per heavy atom. The van der Waals surface area contributed by atoms with Gasteiger partial charge in [0.15, 0.2) is 5.78 Å². The van der Waals surface area contributed by atoms with Crippen LogP contribution in [0.4, 0.5) is 5.69 Å². The smallest absolute Gasteiger partial charge is 0.161 e. The van der Waals surface area contributed by atoms with Crippen molar-refractivity contribution >= 4 is 11.5 Å². The van der Waals surface area contributed by atoms with E-state index >= 15 is 0 Å². The molecule has 1 aromatic rings. The third kappa shape index (κ3) is 3.49. The van der Waals surface area contributed by atoms with E-state index in [9.17, 15) is 4.79 Å². The van der Waals surface area contributed by atoms with Gasteiger partial charge in [-0.3, -0.25) is 4.79 Å². The summed E-state index contributed by atoms with van der Waals surface area (Å²) in [7, 11) is 0. The van der Waals surface area contributed by atoms with Crippen LogP contribution in [0.3, 0.4) is 0 Å². The third-order valence-corrected chi connectivity index (χ3v) is 4.02. The summed E-state index contributed by atoms with van der Waals surface area (Å²) in [5, 5.41) is 0. The van der Waals surface area contributed by atoms with Crippen LogP contribution in [0.2, 0.25) is 0 Å². The number of carbonyl (C=O) groups excluding carboxylic acids is 1. The Balaban J connectivity index is 2.03. The lowest BCUT2D eigenvalue weighted by Gasteiger charge is -2.29. The zero-order valence-corrected chi connectivity index (χ0v) is 11.8. The normalized spacial score (nSPS) is 23.1. The van der Waals surface area contributed by atoms with Crippen molar-refractivity contribution in [2.75, 3.05) is 5.73 Å². The van der Waals surface area contributed by atoms with Gasteiger partial charge in [-0.1, -0.05) is 19.8 Å². The fourth-order valence-electron chi connectivity index (χ4n) is 2.85. The van der Waals surface area contributed by atoms with E-state index < -0.39 is 0 Å². The molecule has 3 heteroatoms. The number of Topliss-reactive ketones (excluding diaryl/α,β-unsaturated/α-hetero) is 1. The van der Waals surface area contributed by atoms with Crippen LogP contribution in [0, 0.1) is 5.92 Å². The van der Waals surface area contributed by atoms with Gasteiger partial charge in [-0.2, -0.15) is 0 Å². The van der Waals surface area contributed by atoms with Crippen molar-refractivity contribution in [3.05, 3.63) is 23.8 Å². The first-order valence-electron chi connectivity index (χ1n) is 7.17. The Bertz CT molecular complexity index is 456. The summed E-state index contributed by atoms with van der Waals surface area (Å²) in [4.78, 5) is 11.3. The molecule has 0 amide bonds. The minimum absolute atomic E-state index is 0.00670. The minimum atomic E-state index is -0.00670. The Labute approximate surface area is 115 Å². The van der Waals surface area contributed by atoms with E-state index in [0.717, 1.165) is 24.5 Å². The topological polar surface area (TPSA) is 52.3 Å². The molecular weight excluding hydrogens is 238 g/mol. The van der Waals surface area contributed by atoms with Crippen LogP contribution in [0.1, 0.15) is 56.3 Å². The quantitative estimate of drug-likeness (QED) is 0.662. The summed E-state index contributed by atoms with van der Waals surface area (Å²) in [6.07, 6.45) is 6.33. The van der Waals surface area contributed by atoms with Crippen molar-refractivity contribution < 1.29 is 9.53 Å². The van der Waals surface area contributed by atoms with Gasteiger partial charge in [-0.05, 0) is 44.2 Å². The minimum Gasteiger partial charge on any atom is -0.490 e. The molecule has 0 spiro atoms. The molecule has 19 heavy (non-hydrogen) atoms. The number of ketones is 1. The summed E-state index contributed by atoms with van der Waals surface area (Å²) in [6, 6.07) is 5.38. The van der Waals surface area contributed by atoms with Crippen molar-refractivity contribution in [3.63, 3.8) is 0 Å². The number of anilines is 1. The van der Waals surface area contributed by atoms with Crippen LogP contribution in [-0.2, 0) is 0 Å². The molecule has 0 aromatic heterocycles. The molecule has 1 aliphatic carbocycles. The lowest BCUT2D eigenvalue weighted by molar-refractivity contribution is 0.101. The van der Waals surface area contributed by atoms with E-state index in [1.165, 1.54) is 26.2 Å². The fourth-order valence-corrected chi connectivity index (χ4v) is 2.85. The van der Waals surface area contributed by atoms with Crippen LogP contribution in [0.5, 0.6) is 5.75 Å². The molecule has 3 nitrogen and oxygen atoms in total. The van der Waals surface area contributed by atoms with Gasteiger partial charge < -0.3 is 10.5 Å². The Morgan fingerprint density at radius 1 is 1.42 bits per heavy atom. The van der Waals surface area contributed by atoms with Gasteiger partial charge in [0.1, 0.15) is 5.75 Å². The summed E-state index contributed by atoms with van der Waals surface area (Å²) >= 11 is 0. The van der Waals surface area contributed by atoms with E-state index in [-0.39, 0.29) is 5.78 Å². The van der Waals surface area contributed by atoms with Gasteiger partial charge in [0.2, 0.25) is 0 Å². The van der Waals surface area contributed by atoms with Crippen molar-refractivity contribution in [3.8, 4) is 5.75 Å². The number of nitrogens with two attached hydrogens (primary N) is 1. The molecule has 0 bridgehead atoms. The van der Waals surface area contributed by atoms with E-state index in [1.54, 1.807) is 12.1 Å². The lowest BCUT2D eigenvalue weighted by Crippen LogP contribution is -2.25. The number of benzene rings is 1. The summed E-state index contributed by atoms with van der Waals surface area (Å²) in [5.74, 6) is 1.56. The highest BCUT2D eigenvalue weighted by molar-refractivity contribution is 5.99. The standard InChI is InChI=1S/C16H23NO2/c1-3-12-5-4-6-13(9-12)19-14-7-8-15(11(2)18)16(17)10-14/h7-8,10,12-13H,3-6,9,17H2,1-2H3. The maximum absolute atomic E-state index is 11.3. The van der Waals surface area contributed by atoms with Crippen LogP contribution in [0.15, 0.2) is 18.2 Å². The predicted octanol–water partition coefficient (Wildman–Crippen LogP) is 3.82. The SMILES string of the molecule is CCC1CCCC(Oc2ccc(C(C)=O)c(N)c2)C1. The van der Waals surface area contributed by atoms with Crippen molar-refractivity contribution in [2.24, 2.45) is 5.92 Å². The van der Waals surface area contributed by atoms with Crippen LogP contribution in [0.25, 0.3) is 0 Å². The number of hydrogen-bond acceptors (Lipinski definition) is 3. The molecule has 2 N–H and O–H groups in total.